The van der Waals surface area contributed by atoms with Crippen LogP contribution in [-0.4, -0.2) is 30.7 Å². The van der Waals surface area contributed by atoms with E-state index >= 15 is 0 Å². The van der Waals surface area contributed by atoms with Crippen molar-refractivity contribution in [3.05, 3.63) is 28.3 Å². The van der Waals surface area contributed by atoms with Crippen molar-refractivity contribution in [2.24, 2.45) is 0 Å². The molecule has 1 aliphatic rings. The summed E-state index contributed by atoms with van der Waals surface area (Å²) in [6.07, 6.45) is 2.68. The van der Waals surface area contributed by atoms with Gasteiger partial charge in [-0.05, 0) is 31.4 Å². The van der Waals surface area contributed by atoms with Crippen LogP contribution in [0.2, 0.25) is 0 Å². The van der Waals surface area contributed by atoms with E-state index in [1.807, 2.05) is 13.0 Å². The molecule has 0 amide bonds. The van der Waals surface area contributed by atoms with Gasteiger partial charge in [0.2, 0.25) is 0 Å². The third-order valence-electron chi connectivity index (χ3n) is 3.36. The van der Waals surface area contributed by atoms with Crippen LogP contribution < -0.4 is 10.6 Å². The zero-order chi connectivity index (χ0) is 14.4. The Balaban J connectivity index is 2.19. The topological polar surface area (TPSA) is 76.4 Å². The van der Waals surface area contributed by atoms with Crippen LogP contribution in [0.3, 0.4) is 0 Å². The first-order valence-corrected chi connectivity index (χ1v) is 7.08. The molecule has 1 fully saturated rings. The van der Waals surface area contributed by atoms with E-state index in [1.165, 1.54) is 0 Å². The van der Waals surface area contributed by atoms with Gasteiger partial charge in [-0.3, -0.25) is 10.1 Å². The number of ether oxygens (including phenoxy) is 1. The summed E-state index contributed by atoms with van der Waals surface area (Å²) in [4.78, 5) is 11.0. The predicted molar refractivity (Wildman–Crippen MR) is 79.3 cm³/mol. The maximum absolute atomic E-state index is 11.3. The Morgan fingerprint density at radius 1 is 1.35 bits per heavy atom. The number of benzene rings is 1. The molecule has 0 spiro atoms. The highest BCUT2D eigenvalue weighted by Gasteiger charge is 2.22. The normalized spacial score (nSPS) is 15.8. The minimum absolute atomic E-state index is 0.132. The van der Waals surface area contributed by atoms with Gasteiger partial charge in [-0.25, -0.2) is 0 Å². The van der Waals surface area contributed by atoms with Gasteiger partial charge in [0, 0.05) is 25.8 Å². The highest BCUT2D eigenvalue weighted by atomic mass is 16.6. The molecule has 1 heterocycles. The average Bonchev–Trinajstić information content (AvgIpc) is 2.46. The summed E-state index contributed by atoms with van der Waals surface area (Å²) in [5, 5.41) is 17.7. The Hall–Kier alpha value is -1.82. The highest BCUT2D eigenvalue weighted by Crippen LogP contribution is 2.33. The molecule has 6 nitrogen and oxygen atoms in total. The molecule has 6 heteroatoms. The second kappa shape index (κ2) is 7.09. The number of nitro benzene ring substituents is 1. The molecule has 1 saturated heterocycles. The Labute approximate surface area is 118 Å². The Morgan fingerprint density at radius 2 is 2.05 bits per heavy atom. The van der Waals surface area contributed by atoms with Crippen LogP contribution in [0.1, 0.15) is 26.2 Å². The lowest BCUT2D eigenvalue weighted by Crippen LogP contribution is -2.28. The number of anilines is 2. The molecule has 1 aromatic rings. The fourth-order valence-corrected chi connectivity index (χ4v) is 2.32. The molecule has 0 aliphatic carbocycles. The number of rotatable bonds is 6. The Bertz CT molecular complexity index is 459. The van der Waals surface area contributed by atoms with Crippen molar-refractivity contribution >= 4 is 17.1 Å². The quantitative estimate of drug-likeness (QED) is 0.618. The average molecular weight is 279 g/mol. The minimum atomic E-state index is -0.320. The monoisotopic (exact) mass is 279 g/mol. The van der Waals surface area contributed by atoms with E-state index in [9.17, 15) is 10.1 Å². The van der Waals surface area contributed by atoms with E-state index in [1.54, 1.807) is 12.1 Å². The molecule has 2 rings (SSSR count). The van der Waals surface area contributed by atoms with Crippen molar-refractivity contribution < 1.29 is 9.66 Å². The summed E-state index contributed by atoms with van der Waals surface area (Å²) in [6, 6.07) is 5.60. The smallest absolute Gasteiger partial charge is 0.315 e. The summed E-state index contributed by atoms with van der Waals surface area (Å²) in [7, 11) is 0. The Morgan fingerprint density at radius 3 is 2.70 bits per heavy atom. The number of nitrogens with zero attached hydrogens (tertiary/aromatic N) is 1. The van der Waals surface area contributed by atoms with Crippen LogP contribution in [0.15, 0.2) is 18.2 Å². The Kier molecular flexibility index (Phi) is 5.17. The van der Waals surface area contributed by atoms with Crippen molar-refractivity contribution in [1.82, 2.24) is 0 Å². The van der Waals surface area contributed by atoms with Crippen LogP contribution in [-0.2, 0) is 4.74 Å². The van der Waals surface area contributed by atoms with Crippen LogP contribution in [0.25, 0.3) is 0 Å². The summed E-state index contributed by atoms with van der Waals surface area (Å²) >= 11 is 0. The number of hydrogen-bond acceptors (Lipinski definition) is 5. The lowest BCUT2D eigenvalue weighted by atomic mass is 10.1. The van der Waals surface area contributed by atoms with Crippen molar-refractivity contribution in [1.29, 1.82) is 0 Å². The van der Waals surface area contributed by atoms with Gasteiger partial charge >= 0.3 is 5.69 Å². The number of nitro groups is 1. The maximum atomic E-state index is 11.3. The van der Waals surface area contributed by atoms with E-state index in [-0.39, 0.29) is 16.7 Å². The first-order valence-electron chi connectivity index (χ1n) is 7.08. The van der Waals surface area contributed by atoms with Gasteiger partial charge in [0.25, 0.3) is 0 Å². The predicted octanol–water partition coefficient (Wildman–Crippen LogP) is 3.01. The molecule has 20 heavy (non-hydrogen) atoms. The molecule has 2 N–H and O–H groups in total. The van der Waals surface area contributed by atoms with Crippen molar-refractivity contribution in [2.75, 3.05) is 30.4 Å². The molecule has 0 saturated carbocycles. The standard InChI is InChI=1S/C14H21N3O3/c1-2-8-15-12-4-3-5-13(14(12)17(18)19)16-11-6-9-20-10-7-11/h3-5,11,15-16H,2,6-10H2,1H3. The van der Waals surface area contributed by atoms with Crippen LogP contribution in [0, 0.1) is 10.1 Å². The van der Waals surface area contributed by atoms with E-state index in [0.29, 0.717) is 24.6 Å². The molecule has 110 valence electrons. The van der Waals surface area contributed by atoms with Crippen molar-refractivity contribution in [3.8, 4) is 0 Å². The molecule has 0 radical (unpaired) electrons. The molecular formula is C14H21N3O3. The van der Waals surface area contributed by atoms with Gasteiger partial charge in [-0.1, -0.05) is 13.0 Å². The fourth-order valence-electron chi connectivity index (χ4n) is 2.32. The molecule has 1 aliphatic heterocycles. The van der Waals surface area contributed by atoms with E-state index in [2.05, 4.69) is 10.6 Å². The van der Waals surface area contributed by atoms with Crippen LogP contribution in [0.4, 0.5) is 17.1 Å². The van der Waals surface area contributed by atoms with Gasteiger partial charge in [0.05, 0.1) is 4.92 Å². The lowest BCUT2D eigenvalue weighted by molar-refractivity contribution is -0.383. The van der Waals surface area contributed by atoms with E-state index in [0.717, 1.165) is 25.8 Å². The van der Waals surface area contributed by atoms with Gasteiger partial charge in [-0.15, -0.1) is 0 Å². The summed E-state index contributed by atoms with van der Waals surface area (Å²) in [5.41, 5.74) is 1.30. The fraction of sp³-hybridized carbons (Fsp3) is 0.571. The van der Waals surface area contributed by atoms with Gasteiger partial charge in [-0.2, -0.15) is 0 Å². The van der Waals surface area contributed by atoms with Crippen LogP contribution in [0.5, 0.6) is 0 Å². The van der Waals surface area contributed by atoms with Crippen LogP contribution >= 0.6 is 0 Å². The number of para-hydroxylation sites is 1. The zero-order valence-corrected chi connectivity index (χ0v) is 11.7. The summed E-state index contributed by atoms with van der Waals surface area (Å²) < 4.78 is 5.31. The summed E-state index contributed by atoms with van der Waals surface area (Å²) in [6.45, 7) is 4.17. The molecule has 0 aromatic heterocycles. The van der Waals surface area contributed by atoms with Crippen molar-refractivity contribution in [3.63, 3.8) is 0 Å². The number of hydrogen-bond donors (Lipinski definition) is 2. The molecule has 1 aromatic carbocycles. The zero-order valence-electron chi connectivity index (χ0n) is 11.7. The van der Waals surface area contributed by atoms with Gasteiger partial charge < -0.3 is 15.4 Å². The maximum Gasteiger partial charge on any atom is 0.315 e. The van der Waals surface area contributed by atoms with E-state index < -0.39 is 0 Å². The summed E-state index contributed by atoms with van der Waals surface area (Å²) in [5.74, 6) is 0. The third kappa shape index (κ3) is 3.60. The van der Waals surface area contributed by atoms with Gasteiger partial charge in [0.15, 0.2) is 0 Å². The SMILES string of the molecule is CCCNc1cccc(NC2CCOCC2)c1[N+](=O)[O-]. The third-order valence-corrected chi connectivity index (χ3v) is 3.36. The van der Waals surface area contributed by atoms with E-state index in [4.69, 9.17) is 4.74 Å². The molecule has 0 bridgehead atoms. The lowest BCUT2D eigenvalue weighted by Gasteiger charge is -2.24. The largest absolute Gasteiger partial charge is 0.381 e. The minimum Gasteiger partial charge on any atom is -0.381 e. The second-order valence-electron chi connectivity index (χ2n) is 4.92. The number of nitrogens with one attached hydrogen (secondary N) is 2. The highest BCUT2D eigenvalue weighted by molar-refractivity contribution is 5.76. The molecule has 0 unspecified atom stereocenters. The van der Waals surface area contributed by atoms with Crippen molar-refractivity contribution in [2.45, 2.75) is 32.2 Å². The first-order chi connectivity index (χ1) is 9.72. The van der Waals surface area contributed by atoms with Gasteiger partial charge in [0.1, 0.15) is 11.4 Å². The second-order valence-corrected chi connectivity index (χ2v) is 4.92. The molecule has 0 atom stereocenters. The molecular weight excluding hydrogens is 258 g/mol. The first kappa shape index (κ1) is 14.6.